The van der Waals surface area contributed by atoms with Crippen LogP contribution in [-0.2, 0) is 4.79 Å². The van der Waals surface area contributed by atoms with E-state index in [0.29, 0.717) is 6.61 Å². The molecule has 0 bridgehead atoms. The van der Waals surface area contributed by atoms with Crippen molar-refractivity contribution in [3.8, 4) is 5.75 Å². The van der Waals surface area contributed by atoms with Crippen molar-refractivity contribution in [3.63, 3.8) is 0 Å². The predicted molar refractivity (Wildman–Crippen MR) is 68.4 cm³/mol. The summed E-state index contributed by atoms with van der Waals surface area (Å²) in [5.74, 6) is 1.16. The van der Waals surface area contributed by atoms with Gasteiger partial charge in [-0.05, 0) is 25.0 Å². The van der Waals surface area contributed by atoms with Gasteiger partial charge in [-0.25, -0.2) is 0 Å². The second-order valence-corrected chi connectivity index (χ2v) is 4.50. The van der Waals surface area contributed by atoms with Crippen LogP contribution in [0.15, 0.2) is 24.3 Å². The molecule has 0 aromatic heterocycles. The Morgan fingerprint density at radius 2 is 2.18 bits per heavy atom. The molecule has 1 heterocycles. The Kier molecular flexibility index (Phi) is 3.67. The summed E-state index contributed by atoms with van der Waals surface area (Å²) in [6.07, 6.45) is 1.90. The molecule has 1 unspecified atom stereocenters. The van der Waals surface area contributed by atoms with Crippen molar-refractivity contribution in [1.82, 2.24) is 0 Å². The minimum absolute atomic E-state index is 0.134. The Bertz CT molecular complexity index is 403. The molecule has 0 aliphatic carbocycles. The fourth-order valence-corrected chi connectivity index (χ4v) is 2.08. The molecule has 3 heteroatoms. The zero-order valence-corrected chi connectivity index (χ0v) is 10.5. The van der Waals surface area contributed by atoms with Crippen LogP contribution in [0, 0.1) is 5.92 Å². The van der Waals surface area contributed by atoms with Crippen LogP contribution < -0.4 is 9.64 Å². The van der Waals surface area contributed by atoms with Crippen LogP contribution in [0.1, 0.15) is 26.7 Å². The molecule has 1 fully saturated rings. The Morgan fingerprint density at radius 1 is 1.41 bits per heavy atom. The Balaban J connectivity index is 2.22. The molecule has 17 heavy (non-hydrogen) atoms. The van der Waals surface area contributed by atoms with Gasteiger partial charge in [-0.2, -0.15) is 0 Å². The molecule has 2 rings (SSSR count). The van der Waals surface area contributed by atoms with E-state index in [2.05, 4.69) is 6.92 Å². The first-order chi connectivity index (χ1) is 8.24. The van der Waals surface area contributed by atoms with Gasteiger partial charge >= 0.3 is 0 Å². The monoisotopic (exact) mass is 233 g/mol. The normalized spacial score (nSPS) is 19.8. The minimum Gasteiger partial charge on any atom is -0.491 e. The molecular weight excluding hydrogens is 214 g/mol. The lowest BCUT2D eigenvalue weighted by atomic mass is 10.1. The Hall–Kier alpha value is -1.51. The van der Waals surface area contributed by atoms with Crippen molar-refractivity contribution < 1.29 is 9.53 Å². The summed E-state index contributed by atoms with van der Waals surface area (Å²) in [4.78, 5) is 13.8. The van der Waals surface area contributed by atoms with Crippen molar-refractivity contribution in [2.75, 3.05) is 18.1 Å². The van der Waals surface area contributed by atoms with Crippen LogP contribution in [0.2, 0.25) is 0 Å². The van der Waals surface area contributed by atoms with Crippen molar-refractivity contribution in [2.24, 2.45) is 5.92 Å². The number of carbonyl (C=O) groups is 1. The summed E-state index contributed by atoms with van der Waals surface area (Å²) in [6, 6.07) is 7.78. The number of carbonyl (C=O) groups excluding carboxylic acids is 1. The number of anilines is 1. The van der Waals surface area contributed by atoms with Crippen molar-refractivity contribution in [3.05, 3.63) is 24.3 Å². The van der Waals surface area contributed by atoms with Gasteiger partial charge in [-0.3, -0.25) is 4.79 Å². The first kappa shape index (κ1) is 12.0. The van der Waals surface area contributed by atoms with Gasteiger partial charge in [0.25, 0.3) is 0 Å². The average Bonchev–Trinajstić information content (AvgIpc) is 2.68. The number of para-hydroxylation sites is 2. The Labute approximate surface area is 102 Å². The van der Waals surface area contributed by atoms with Crippen molar-refractivity contribution in [1.29, 1.82) is 0 Å². The minimum atomic E-state index is 0.134. The number of benzene rings is 1. The lowest BCUT2D eigenvalue weighted by Crippen LogP contribution is -2.26. The topological polar surface area (TPSA) is 29.5 Å². The highest BCUT2D eigenvalue weighted by atomic mass is 16.5. The highest BCUT2D eigenvalue weighted by molar-refractivity contribution is 5.98. The highest BCUT2D eigenvalue weighted by Crippen LogP contribution is 2.32. The summed E-state index contributed by atoms with van der Waals surface area (Å²) >= 11 is 0. The fourth-order valence-electron chi connectivity index (χ4n) is 2.08. The van der Waals surface area contributed by atoms with E-state index >= 15 is 0 Å². The van der Waals surface area contributed by atoms with Crippen LogP contribution in [0.5, 0.6) is 5.75 Å². The van der Waals surface area contributed by atoms with Gasteiger partial charge in [0.1, 0.15) is 5.75 Å². The molecule has 1 aromatic rings. The van der Waals surface area contributed by atoms with Crippen LogP contribution >= 0.6 is 0 Å². The van der Waals surface area contributed by atoms with E-state index in [1.54, 1.807) is 0 Å². The smallest absolute Gasteiger partial charge is 0.229 e. The predicted octanol–water partition coefficient (Wildman–Crippen LogP) is 2.85. The van der Waals surface area contributed by atoms with Crippen molar-refractivity contribution >= 4 is 11.6 Å². The molecule has 1 aliphatic rings. The number of rotatable bonds is 4. The van der Waals surface area contributed by atoms with E-state index < -0.39 is 0 Å². The van der Waals surface area contributed by atoms with E-state index in [9.17, 15) is 4.79 Å². The summed E-state index contributed by atoms with van der Waals surface area (Å²) in [7, 11) is 0. The third kappa shape index (κ3) is 2.43. The molecule has 1 amide bonds. The molecule has 0 N–H and O–H groups in total. The number of nitrogens with zero attached hydrogens (tertiary/aromatic N) is 1. The second-order valence-electron chi connectivity index (χ2n) is 4.50. The van der Waals surface area contributed by atoms with E-state index in [1.165, 1.54) is 0 Å². The zero-order valence-electron chi connectivity index (χ0n) is 10.5. The summed E-state index contributed by atoms with van der Waals surface area (Å²) in [5, 5.41) is 0. The standard InChI is InChI=1S/C14H19NO2/c1-3-10-17-13-7-5-4-6-12(13)15-9-8-11(2)14(15)16/h4-7,11H,3,8-10H2,1-2H3. The quantitative estimate of drug-likeness (QED) is 0.800. The molecule has 92 valence electrons. The first-order valence-corrected chi connectivity index (χ1v) is 6.27. The lowest BCUT2D eigenvalue weighted by Gasteiger charge is -2.20. The second kappa shape index (κ2) is 5.21. The van der Waals surface area contributed by atoms with Gasteiger partial charge in [0.15, 0.2) is 0 Å². The van der Waals surface area contributed by atoms with Gasteiger partial charge in [-0.1, -0.05) is 26.0 Å². The molecule has 0 saturated carbocycles. The third-order valence-electron chi connectivity index (χ3n) is 3.09. The van der Waals surface area contributed by atoms with Crippen LogP contribution in [0.25, 0.3) is 0 Å². The number of amides is 1. The summed E-state index contributed by atoms with van der Waals surface area (Å²) < 4.78 is 5.69. The molecule has 0 radical (unpaired) electrons. The largest absolute Gasteiger partial charge is 0.491 e. The van der Waals surface area contributed by atoms with E-state index in [0.717, 1.165) is 30.8 Å². The Morgan fingerprint density at radius 3 is 2.82 bits per heavy atom. The maximum atomic E-state index is 12.0. The maximum Gasteiger partial charge on any atom is 0.229 e. The van der Waals surface area contributed by atoms with Crippen LogP contribution in [0.4, 0.5) is 5.69 Å². The highest BCUT2D eigenvalue weighted by Gasteiger charge is 2.30. The third-order valence-corrected chi connectivity index (χ3v) is 3.09. The first-order valence-electron chi connectivity index (χ1n) is 6.27. The van der Waals surface area contributed by atoms with Crippen molar-refractivity contribution in [2.45, 2.75) is 26.7 Å². The molecule has 1 atom stereocenters. The van der Waals surface area contributed by atoms with E-state index in [-0.39, 0.29) is 11.8 Å². The number of ether oxygens (including phenoxy) is 1. The molecule has 0 spiro atoms. The average molecular weight is 233 g/mol. The van der Waals surface area contributed by atoms with E-state index in [1.807, 2.05) is 36.1 Å². The van der Waals surface area contributed by atoms with Gasteiger partial charge in [0, 0.05) is 12.5 Å². The molecule has 1 saturated heterocycles. The molecular formula is C14H19NO2. The molecule has 1 aromatic carbocycles. The number of hydrogen-bond donors (Lipinski definition) is 0. The van der Waals surface area contributed by atoms with Crippen LogP contribution in [0.3, 0.4) is 0 Å². The maximum absolute atomic E-state index is 12.0. The zero-order chi connectivity index (χ0) is 12.3. The number of hydrogen-bond acceptors (Lipinski definition) is 2. The van der Waals surface area contributed by atoms with E-state index in [4.69, 9.17) is 4.74 Å². The van der Waals surface area contributed by atoms with Gasteiger partial charge in [0.2, 0.25) is 5.91 Å². The van der Waals surface area contributed by atoms with Gasteiger partial charge in [-0.15, -0.1) is 0 Å². The van der Waals surface area contributed by atoms with Crippen LogP contribution in [-0.4, -0.2) is 19.1 Å². The summed E-state index contributed by atoms with van der Waals surface area (Å²) in [5.41, 5.74) is 0.912. The summed E-state index contributed by atoms with van der Waals surface area (Å²) in [6.45, 7) is 5.55. The molecule has 3 nitrogen and oxygen atoms in total. The SMILES string of the molecule is CCCOc1ccccc1N1CCC(C)C1=O. The molecule has 1 aliphatic heterocycles. The van der Waals surface area contributed by atoms with Gasteiger partial charge < -0.3 is 9.64 Å². The van der Waals surface area contributed by atoms with Gasteiger partial charge in [0.05, 0.1) is 12.3 Å². The fraction of sp³-hybridized carbons (Fsp3) is 0.500. The lowest BCUT2D eigenvalue weighted by molar-refractivity contribution is -0.119.